The maximum Gasteiger partial charge on any atom is 0.215 e. The number of thiophene rings is 1. The second-order valence-electron chi connectivity index (χ2n) is 5.20. The van der Waals surface area contributed by atoms with Gasteiger partial charge < -0.3 is 10.2 Å². The second-order valence-corrected chi connectivity index (χ2v) is 9.09. The van der Waals surface area contributed by atoms with Crippen molar-refractivity contribution in [3.8, 4) is 0 Å². The number of sulfonamides is 1. The summed E-state index contributed by atoms with van der Waals surface area (Å²) in [6, 6.07) is 3.86. The molecule has 0 aliphatic carbocycles. The fraction of sp³-hybridized carbons (Fsp3) is 0.667. The van der Waals surface area contributed by atoms with Crippen molar-refractivity contribution in [2.24, 2.45) is 4.99 Å². The summed E-state index contributed by atoms with van der Waals surface area (Å²) in [4.78, 5) is 7.55. The molecule has 0 aliphatic heterocycles. The van der Waals surface area contributed by atoms with Gasteiger partial charge in [0.1, 0.15) is 0 Å². The van der Waals surface area contributed by atoms with E-state index in [1.807, 2.05) is 44.9 Å². The maximum absolute atomic E-state index is 12.2. The van der Waals surface area contributed by atoms with Gasteiger partial charge in [0.05, 0.1) is 23.2 Å². The highest BCUT2D eigenvalue weighted by Gasteiger charge is 2.18. The van der Waals surface area contributed by atoms with E-state index in [0.29, 0.717) is 25.6 Å². The van der Waals surface area contributed by atoms with Crippen molar-refractivity contribution in [2.45, 2.75) is 27.3 Å². The van der Waals surface area contributed by atoms with Gasteiger partial charge in [-0.3, -0.25) is 4.99 Å². The normalized spacial score (nSPS) is 12.7. The largest absolute Gasteiger partial charge is 0.357 e. The van der Waals surface area contributed by atoms with Crippen LogP contribution in [0, 0.1) is 0 Å². The SMILES string of the molecule is CCNC(=NCCS(=O)(=O)N(CC)CC)N(C)Cc1ccc(Cl)s1. The lowest BCUT2D eigenvalue weighted by Gasteiger charge is -2.22. The van der Waals surface area contributed by atoms with Gasteiger partial charge in [-0.1, -0.05) is 25.4 Å². The van der Waals surface area contributed by atoms with Crippen molar-refractivity contribution in [1.29, 1.82) is 0 Å². The van der Waals surface area contributed by atoms with Crippen LogP contribution >= 0.6 is 22.9 Å². The van der Waals surface area contributed by atoms with E-state index in [2.05, 4.69) is 10.3 Å². The van der Waals surface area contributed by atoms with Crippen LogP contribution in [0.5, 0.6) is 0 Å². The summed E-state index contributed by atoms with van der Waals surface area (Å²) in [6.45, 7) is 8.27. The quantitative estimate of drug-likeness (QED) is 0.516. The van der Waals surface area contributed by atoms with Crippen molar-refractivity contribution in [1.82, 2.24) is 14.5 Å². The lowest BCUT2D eigenvalue weighted by Crippen LogP contribution is -2.39. The molecule has 6 nitrogen and oxygen atoms in total. The van der Waals surface area contributed by atoms with Gasteiger partial charge >= 0.3 is 0 Å². The van der Waals surface area contributed by atoms with Gasteiger partial charge in [-0.25, -0.2) is 12.7 Å². The van der Waals surface area contributed by atoms with E-state index in [0.717, 1.165) is 15.8 Å². The third-order valence-corrected chi connectivity index (χ3v) is 6.65. The minimum absolute atomic E-state index is 0.0161. The molecule has 0 amide bonds. The number of halogens is 1. The first-order valence-electron chi connectivity index (χ1n) is 8.05. The zero-order valence-electron chi connectivity index (χ0n) is 14.7. The van der Waals surface area contributed by atoms with E-state index in [1.54, 1.807) is 0 Å². The van der Waals surface area contributed by atoms with Gasteiger partial charge in [0, 0.05) is 31.6 Å². The smallest absolute Gasteiger partial charge is 0.215 e. The predicted octanol–water partition coefficient (Wildman–Crippen LogP) is 2.47. The van der Waals surface area contributed by atoms with Crippen LogP contribution in [0.4, 0.5) is 0 Å². The minimum Gasteiger partial charge on any atom is -0.357 e. The van der Waals surface area contributed by atoms with Crippen LogP contribution in [-0.2, 0) is 16.6 Å². The molecule has 0 saturated heterocycles. The molecule has 0 radical (unpaired) electrons. The fourth-order valence-electron chi connectivity index (χ4n) is 2.23. The first kappa shape index (κ1) is 21.2. The van der Waals surface area contributed by atoms with Crippen LogP contribution in [0.3, 0.4) is 0 Å². The Balaban J connectivity index is 2.71. The predicted molar refractivity (Wildman–Crippen MR) is 103 cm³/mol. The molecule has 0 bridgehead atoms. The summed E-state index contributed by atoms with van der Waals surface area (Å²) < 4.78 is 26.6. The number of guanidine groups is 1. The van der Waals surface area contributed by atoms with Crippen LogP contribution in [0.2, 0.25) is 4.34 Å². The van der Waals surface area contributed by atoms with Crippen LogP contribution < -0.4 is 5.32 Å². The highest BCUT2D eigenvalue weighted by Crippen LogP contribution is 2.22. The number of aliphatic imine (C=N–C) groups is 1. The van der Waals surface area contributed by atoms with Crippen LogP contribution in [0.15, 0.2) is 17.1 Å². The van der Waals surface area contributed by atoms with Crippen molar-refractivity contribution >= 4 is 38.9 Å². The molecule has 9 heteroatoms. The zero-order valence-corrected chi connectivity index (χ0v) is 17.1. The van der Waals surface area contributed by atoms with E-state index in [4.69, 9.17) is 11.6 Å². The molecule has 0 saturated carbocycles. The highest BCUT2D eigenvalue weighted by molar-refractivity contribution is 7.89. The van der Waals surface area contributed by atoms with E-state index >= 15 is 0 Å². The van der Waals surface area contributed by atoms with Crippen molar-refractivity contribution in [3.05, 3.63) is 21.3 Å². The maximum atomic E-state index is 12.2. The number of nitrogens with zero attached hydrogens (tertiary/aromatic N) is 3. The molecule has 1 aromatic heterocycles. The van der Waals surface area contributed by atoms with Crippen LogP contribution in [-0.4, -0.2) is 62.6 Å². The molecular formula is C15H27ClN4O2S2. The van der Waals surface area contributed by atoms with Crippen molar-refractivity contribution in [2.75, 3.05) is 39.0 Å². The number of nitrogens with one attached hydrogen (secondary N) is 1. The van der Waals surface area contributed by atoms with Crippen LogP contribution in [0.1, 0.15) is 25.6 Å². The average molecular weight is 395 g/mol. The second kappa shape index (κ2) is 10.2. The summed E-state index contributed by atoms with van der Waals surface area (Å²) >= 11 is 7.49. The molecule has 0 atom stereocenters. The third kappa shape index (κ3) is 6.58. The van der Waals surface area contributed by atoms with Crippen molar-refractivity contribution < 1.29 is 8.42 Å². The Hall–Kier alpha value is -0.830. The summed E-state index contributed by atoms with van der Waals surface area (Å²) in [5.74, 6) is 0.708. The summed E-state index contributed by atoms with van der Waals surface area (Å²) in [6.07, 6.45) is 0. The van der Waals surface area contributed by atoms with E-state index < -0.39 is 10.0 Å². The number of hydrogen-bond donors (Lipinski definition) is 1. The zero-order chi connectivity index (χ0) is 18.2. The summed E-state index contributed by atoms with van der Waals surface area (Å²) in [5.41, 5.74) is 0. The number of rotatable bonds is 9. The summed E-state index contributed by atoms with van der Waals surface area (Å²) in [7, 11) is -1.33. The third-order valence-electron chi connectivity index (χ3n) is 3.43. The molecule has 0 spiro atoms. The Bertz CT molecular complexity index is 627. The fourth-order valence-corrected chi connectivity index (χ4v) is 4.74. The molecule has 0 unspecified atom stereocenters. The molecule has 1 aromatic rings. The standard InChI is InChI=1S/C15H27ClN4O2S2/c1-5-17-15(19(4)12-13-8-9-14(16)23-13)18-10-11-24(21,22)20(6-2)7-3/h8-9H,5-7,10-12H2,1-4H3,(H,17,18). The van der Waals surface area contributed by atoms with E-state index in [9.17, 15) is 8.42 Å². The summed E-state index contributed by atoms with van der Waals surface area (Å²) in [5, 5.41) is 3.19. The Morgan fingerprint density at radius 1 is 1.29 bits per heavy atom. The Kier molecular flexibility index (Phi) is 9.04. The van der Waals surface area contributed by atoms with Crippen molar-refractivity contribution in [3.63, 3.8) is 0 Å². The van der Waals surface area contributed by atoms with Crippen LogP contribution in [0.25, 0.3) is 0 Å². The van der Waals surface area contributed by atoms with Gasteiger partial charge in [-0.05, 0) is 19.1 Å². The molecule has 0 aromatic carbocycles. The Morgan fingerprint density at radius 3 is 2.46 bits per heavy atom. The number of hydrogen-bond acceptors (Lipinski definition) is 4. The lowest BCUT2D eigenvalue weighted by atomic mass is 10.4. The molecular weight excluding hydrogens is 368 g/mol. The monoisotopic (exact) mass is 394 g/mol. The first-order valence-corrected chi connectivity index (χ1v) is 10.9. The lowest BCUT2D eigenvalue weighted by molar-refractivity contribution is 0.445. The topological polar surface area (TPSA) is 65.0 Å². The van der Waals surface area contributed by atoms with Gasteiger partial charge in [0.25, 0.3) is 0 Å². The Labute approximate surface area is 154 Å². The first-order chi connectivity index (χ1) is 11.3. The molecule has 24 heavy (non-hydrogen) atoms. The molecule has 0 fully saturated rings. The molecule has 1 rings (SSSR count). The van der Waals surface area contributed by atoms with Gasteiger partial charge in [-0.15, -0.1) is 11.3 Å². The van der Waals surface area contributed by atoms with E-state index in [1.165, 1.54) is 15.6 Å². The highest BCUT2D eigenvalue weighted by atomic mass is 35.5. The van der Waals surface area contributed by atoms with Gasteiger partial charge in [0.2, 0.25) is 10.0 Å². The minimum atomic E-state index is -3.25. The van der Waals surface area contributed by atoms with Gasteiger partial charge in [0.15, 0.2) is 5.96 Å². The van der Waals surface area contributed by atoms with E-state index in [-0.39, 0.29) is 12.3 Å². The van der Waals surface area contributed by atoms with Gasteiger partial charge in [-0.2, -0.15) is 0 Å². The molecule has 138 valence electrons. The molecule has 0 aliphatic rings. The Morgan fingerprint density at radius 2 is 1.96 bits per heavy atom. The molecule has 1 heterocycles. The molecule has 1 N–H and O–H groups in total. The average Bonchev–Trinajstić information content (AvgIpc) is 2.92.